The zero-order valence-electron chi connectivity index (χ0n) is 30.7. The van der Waals surface area contributed by atoms with Crippen molar-refractivity contribution in [2.75, 3.05) is 18.6 Å². The van der Waals surface area contributed by atoms with Gasteiger partial charge in [0.2, 0.25) is 24.1 Å². The summed E-state index contributed by atoms with van der Waals surface area (Å²) in [4.78, 5) is 79.4. The summed E-state index contributed by atoms with van der Waals surface area (Å²) in [6, 6.07) is 14.4. The lowest BCUT2D eigenvalue weighted by molar-refractivity contribution is -0.159. The number of nitrogens with one attached hydrogen (secondary N) is 4. The Morgan fingerprint density at radius 2 is 1.60 bits per heavy atom. The van der Waals surface area contributed by atoms with Gasteiger partial charge in [-0.05, 0) is 82.9 Å². The Labute approximate surface area is 310 Å². The average Bonchev–Trinajstić information content (AvgIpc) is 3.38. The molecule has 0 aromatic heterocycles. The van der Waals surface area contributed by atoms with Crippen molar-refractivity contribution in [3.05, 3.63) is 71.8 Å². The number of esters is 1. The third kappa shape index (κ3) is 13.9. The fraction of sp³-hybridized carbons (Fsp3) is 0.526. The number of thioether (sulfide) groups is 1. The molecule has 1 aliphatic heterocycles. The molecular weight excluding hydrogens is 687 g/mol. The van der Waals surface area contributed by atoms with E-state index < -0.39 is 65.6 Å². The molecule has 13 nitrogen and oxygen atoms in total. The average molecular weight is 740 g/mol. The number of hydrogen-bond donors (Lipinski definition) is 4. The van der Waals surface area contributed by atoms with E-state index in [1.165, 1.54) is 16.7 Å². The Morgan fingerprint density at radius 1 is 0.942 bits per heavy atom. The lowest BCUT2D eigenvalue weighted by atomic mass is 10.0. The van der Waals surface area contributed by atoms with Crippen LogP contribution in [0.1, 0.15) is 70.9 Å². The van der Waals surface area contributed by atoms with Crippen LogP contribution in [-0.4, -0.2) is 95.5 Å². The third-order valence-electron chi connectivity index (χ3n) is 8.44. The van der Waals surface area contributed by atoms with Crippen LogP contribution in [0.5, 0.6) is 0 Å². The highest BCUT2D eigenvalue weighted by molar-refractivity contribution is 7.98. The topological polar surface area (TPSA) is 172 Å². The Morgan fingerprint density at radius 3 is 2.21 bits per heavy atom. The van der Waals surface area contributed by atoms with Crippen LogP contribution >= 0.6 is 11.8 Å². The fourth-order valence-corrected chi connectivity index (χ4v) is 6.37. The number of rotatable bonds is 20. The molecule has 1 unspecified atom stereocenters. The van der Waals surface area contributed by atoms with Crippen molar-refractivity contribution < 1.29 is 38.2 Å². The van der Waals surface area contributed by atoms with Crippen LogP contribution in [0.25, 0.3) is 0 Å². The van der Waals surface area contributed by atoms with E-state index in [2.05, 4.69) is 21.3 Å². The number of unbranched alkanes of at least 4 members (excludes halogenated alkanes) is 1. The van der Waals surface area contributed by atoms with E-state index in [1.54, 1.807) is 20.8 Å². The normalized spacial score (nSPS) is 17.3. The van der Waals surface area contributed by atoms with Gasteiger partial charge in [-0.1, -0.05) is 60.7 Å². The summed E-state index contributed by atoms with van der Waals surface area (Å²) in [5.41, 5.74) is 0.860. The van der Waals surface area contributed by atoms with Gasteiger partial charge in [-0.15, -0.1) is 0 Å². The summed E-state index contributed by atoms with van der Waals surface area (Å²) in [6.45, 7) is 7.47. The molecule has 3 rings (SSSR count). The highest BCUT2D eigenvalue weighted by Gasteiger charge is 2.45. The first kappa shape index (κ1) is 41.8. The highest BCUT2D eigenvalue weighted by Crippen LogP contribution is 2.25. The molecule has 14 heteroatoms. The number of likely N-dealkylation sites (tertiary alicyclic amines) is 1. The number of nitrogens with zero attached hydrogens (tertiary/aromatic N) is 1. The Balaban J connectivity index is 1.71. The van der Waals surface area contributed by atoms with Crippen molar-refractivity contribution >= 4 is 48.0 Å². The van der Waals surface area contributed by atoms with Gasteiger partial charge in [-0.2, -0.15) is 11.8 Å². The van der Waals surface area contributed by atoms with Crippen LogP contribution < -0.4 is 21.3 Å². The lowest BCUT2D eigenvalue weighted by Crippen LogP contribution is -2.56. The fourth-order valence-electron chi connectivity index (χ4n) is 5.90. The molecule has 5 atom stereocenters. The van der Waals surface area contributed by atoms with Gasteiger partial charge in [0.05, 0.1) is 0 Å². The largest absolute Gasteiger partial charge is 0.458 e. The van der Waals surface area contributed by atoms with Gasteiger partial charge >= 0.3 is 12.1 Å². The summed E-state index contributed by atoms with van der Waals surface area (Å²) in [5.74, 6) is -1.41. The minimum Gasteiger partial charge on any atom is -0.458 e. The van der Waals surface area contributed by atoms with E-state index in [4.69, 9.17) is 9.47 Å². The van der Waals surface area contributed by atoms with Gasteiger partial charge in [0, 0.05) is 19.0 Å². The van der Waals surface area contributed by atoms with Crippen molar-refractivity contribution in [2.45, 2.75) is 109 Å². The van der Waals surface area contributed by atoms with E-state index in [0.717, 1.165) is 11.1 Å². The van der Waals surface area contributed by atoms with Crippen molar-refractivity contribution in [1.82, 2.24) is 26.2 Å². The van der Waals surface area contributed by atoms with Gasteiger partial charge in [0.15, 0.2) is 0 Å². The molecule has 2 aromatic rings. The molecule has 0 saturated carbocycles. The predicted molar refractivity (Wildman–Crippen MR) is 199 cm³/mol. The minimum absolute atomic E-state index is 0.144. The molecule has 52 heavy (non-hydrogen) atoms. The molecular formula is C38H53N5O8S. The van der Waals surface area contributed by atoms with Crippen LogP contribution in [0.15, 0.2) is 60.7 Å². The van der Waals surface area contributed by atoms with Crippen molar-refractivity contribution in [1.29, 1.82) is 0 Å². The number of amides is 5. The number of alkyl carbamates (subject to hydrolysis) is 1. The molecule has 5 amide bonds. The lowest BCUT2D eigenvalue weighted by Gasteiger charge is -2.32. The number of hydrogen-bond acceptors (Lipinski definition) is 9. The van der Waals surface area contributed by atoms with Crippen molar-refractivity contribution in [3.8, 4) is 0 Å². The summed E-state index contributed by atoms with van der Waals surface area (Å²) in [5, 5.41) is 10.9. The zero-order valence-corrected chi connectivity index (χ0v) is 31.5. The Bertz CT molecular complexity index is 1470. The summed E-state index contributed by atoms with van der Waals surface area (Å²) >= 11 is 1.53. The second kappa shape index (κ2) is 21.1. The van der Waals surface area contributed by atoms with Gasteiger partial charge < -0.3 is 35.6 Å². The first-order valence-corrected chi connectivity index (χ1v) is 19.0. The molecule has 284 valence electrons. The van der Waals surface area contributed by atoms with Gasteiger partial charge in [-0.3, -0.25) is 19.2 Å². The van der Waals surface area contributed by atoms with E-state index in [9.17, 15) is 28.8 Å². The standard InChI is InChI=1S/C38H53N5O8S/c1-26-22-31(42-33(45)29(40-25-44)19-21-52-5)35(47)43(26)32(23-27-14-8-6-9-15-27)34(46)41-30(36(48)51-38(2,3)4)18-12-13-20-39-37(49)50-24-28-16-10-7-11-17-28/h6-11,14-17,25-26,29-32H,12-13,18-24H2,1-5H3,(H,39,49)(H,40,44)(H,41,46)(H,42,45)/t26?,29-,30-,31-,32-/m0/s1. The molecule has 0 bridgehead atoms. The predicted octanol–water partition coefficient (Wildman–Crippen LogP) is 3.49. The molecule has 1 fully saturated rings. The summed E-state index contributed by atoms with van der Waals surface area (Å²) < 4.78 is 10.9. The first-order chi connectivity index (χ1) is 24.8. The maximum atomic E-state index is 14.2. The molecule has 0 radical (unpaired) electrons. The van der Waals surface area contributed by atoms with Gasteiger partial charge in [-0.25, -0.2) is 9.59 Å². The second-order valence-corrected chi connectivity index (χ2v) is 14.8. The monoisotopic (exact) mass is 739 g/mol. The maximum absolute atomic E-state index is 14.2. The van der Waals surface area contributed by atoms with E-state index in [-0.39, 0.29) is 25.9 Å². The number of carbonyl (C=O) groups excluding carboxylic acids is 6. The molecule has 1 heterocycles. The molecule has 2 aromatic carbocycles. The van der Waals surface area contributed by atoms with Crippen LogP contribution in [0.2, 0.25) is 0 Å². The van der Waals surface area contributed by atoms with Crippen LogP contribution in [0.3, 0.4) is 0 Å². The highest BCUT2D eigenvalue weighted by atomic mass is 32.2. The molecule has 0 aliphatic carbocycles. The SMILES string of the molecule is CSCC[C@H](NC=O)C(=O)N[C@H]1CC(C)N([C@@H](Cc2ccccc2)C(=O)N[C@@H](CCCCNC(=O)OCc2ccccc2)C(=O)OC(C)(C)C)C1=O. The number of benzene rings is 2. The number of carbonyl (C=O) groups is 6. The first-order valence-electron chi connectivity index (χ1n) is 17.7. The quantitative estimate of drug-likeness (QED) is 0.0902. The molecule has 1 aliphatic rings. The van der Waals surface area contributed by atoms with Crippen molar-refractivity contribution in [2.24, 2.45) is 0 Å². The molecule has 1 saturated heterocycles. The van der Waals surface area contributed by atoms with Crippen LogP contribution in [-0.2, 0) is 46.5 Å². The third-order valence-corrected chi connectivity index (χ3v) is 9.08. The van der Waals surface area contributed by atoms with E-state index in [1.807, 2.05) is 73.8 Å². The number of ether oxygens (including phenoxy) is 2. The molecule has 0 spiro atoms. The van der Waals surface area contributed by atoms with E-state index in [0.29, 0.717) is 38.0 Å². The smallest absolute Gasteiger partial charge is 0.407 e. The summed E-state index contributed by atoms with van der Waals surface area (Å²) in [6.07, 6.45) is 3.82. The minimum atomic E-state index is -1.02. The second-order valence-electron chi connectivity index (χ2n) is 13.8. The summed E-state index contributed by atoms with van der Waals surface area (Å²) in [7, 11) is 0. The molecule has 4 N–H and O–H groups in total. The maximum Gasteiger partial charge on any atom is 0.407 e. The van der Waals surface area contributed by atoms with Gasteiger partial charge in [0.25, 0.3) is 0 Å². The van der Waals surface area contributed by atoms with Crippen LogP contribution in [0.4, 0.5) is 4.79 Å². The van der Waals surface area contributed by atoms with Crippen LogP contribution in [0, 0.1) is 0 Å². The Kier molecular flexibility index (Phi) is 16.9. The van der Waals surface area contributed by atoms with E-state index >= 15 is 0 Å². The Hall–Kier alpha value is -4.59. The van der Waals surface area contributed by atoms with Gasteiger partial charge in [0.1, 0.15) is 36.4 Å². The zero-order chi connectivity index (χ0) is 38.1. The van der Waals surface area contributed by atoms with Crippen molar-refractivity contribution in [3.63, 3.8) is 0 Å².